The zero-order chi connectivity index (χ0) is 32.7. The highest BCUT2D eigenvalue weighted by molar-refractivity contribution is 6.36. The highest BCUT2D eigenvalue weighted by atomic mass is 35.5. The molecule has 5 aliphatic rings. The van der Waals surface area contributed by atoms with Crippen molar-refractivity contribution < 1.29 is 23.5 Å². The molecule has 0 saturated carbocycles. The minimum Gasteiger partial charge on any atom is -0.461 e. The van der Waals surface area contributed by atoms with Crippen LogP contribution in [0.25, 0.3) is 32.9 Å². The van der Waals surface area contributed by atoms with Gasteiger partial charge in [-0.3, -0.25) is 19.5 Å². The van der Waals surface area contributed by atoms with Crippen LogP contribution < -0.4 is 9.64 Å². The predicted molar refractivity (Wildman–Crippen MR) is 178 cm³/mol. The number of pyridine rings is 1. The van der Waals surface area contributed by atoms with Crippen molar-refractivity contribution in [3.8, 4) is 17.3 Å². The van der Waals surface area contributed by atoms with E-state index in [1.165, 1.54) is 0 Å². The summed E-state index contributed by atoms with van der Waals surface area (Å²) in [6.45, 7) is 5.32. The molecule has 5 fully saturated rings. The normalized spacial score (nSPS) is 26.2. The number of hydrogen-bond donors (Lipinski definition) is 0. The maximum atomic E-state index is 16.9. The summed E-state index contributed by atoms with van der Waals surface area (Å²) < 4.78 is 28.5. The molecule has 2 aromatic carbocycles. The maximum absolute atomic E-state index is 16.9. The second kappa shape index (κ2) is 11.2. The number of piperazine rings is 1. The number of carbonyl (C=O) groups is 2. The van der Waals surface area contributed by atoms with E-state index in [9.17, 15) is 9.59 Å². The molecule has 4 aromatic rings. The fourth-order valence-corrected chi connectivity index (χ4v) is 9.18. The Morgan fingerprint density at radius 2 is 1.81 bits per heavy atom. The number of halogens is 2. The number of hydrogen-bond acceptors (Lipinski definition) is 9. The van der Waals surface area contributed by atoms with Gasteiger partial charge >= 0.3 is 12.0 Å². The summed E-state index contributed by atoms with van der Waals surface area (Å²) in [7, 11) is 0. The number of aromatic nitrogens is 3. The Kier molecular flexibility index (Phi) is 7.02. The molecule has 48 heavy (non-hydrogen) atoms. The molecule has 0 spiro atoms. The van der Waals surface area contributed by atoms with E-state index in [1.54, 1.807) is 19.2 Å². The van der Waals surface area contributed by atoms with Crippen LogP contribution in [0, 0.1) is 11.7 Å². The molecule has 5 saturated heterocycles. The van der Waals surface area contributed by atoms with Gasteiger partial charge in [0.15, 0.2) is 11.9 Å². The van der Waals surface area contributed by atoms with Crippen LogP contribution in [0.2, 0.25) is 5.02 Å². The summed E-state index contributed by atoms with van der Waals surface area (Å²) in [4.78, 5) is 46.0. The van der Waals surface area contributed by atoms with Gasteiger partial charge in [0, 0.05) is 47.3 Å². The third-order valence-electron chi connectivity index (χ3n) is 11.4. The molecule has 10 nitrogen and oxygen atoms in total. The number of anilines is 1. The van der Waals surface area contributed by atoms with Crippen LogP contribution in [0.1, 0.15) is 45.4 Å². The second-order valence-corrected chi connectivity index (χ2v) is 14.5. The van der Waals surface area contributed by atoms with E-state index in [4.69, 9.17) is 31.0 Å². The van der Waals surface area contributed by atoms with Crippen LogP contribution in [0.3, 0.4) is 0 Å². The summed E-state index contributed by atoms with van der Waals surface area (Å²) in [6, 6.07) is 11.2. The molecule has 0 aliphatic carbocycles. The summed E-state index contributed by atoms with van der Waals surface area (Å²) in [6.07, 6.45) is 6.96. The van der Waals surface area contributed by atoms with Crippen molar-refractivity contribution in [1.82, 2.24) is 24.8 Å². The van der Waals surface area contributed by atoms with Gasteiger partial charge in [-0.05, 0) is 70.0 Å². The molecule has 12 heteroatoms. The molecule has 7 heterocycles. The number of amides is 1. The SMILES string of the molecule is C[C@@H]1C(=O)O[C@@H]1C(=O)N1[C@@H]2CC[C@H]1CN(c1nc(OCC34CCCN3CCC4)nc3c(F)c(-c4cccc5cccc(Cl)c45)ncc13)C2. The Labute approximate surface area is 282 Å². The number of esters is 1. The lowest BCUT2D eigenvalue weighted by Crippen LogP contribution is -2.62. The maximum Gasteiger partial charge on any atom is 0.319 e. The molecule has 0 radical (unpaired) electrons. The molecular weight excluding hydrogens is 635 g/mol. The minimum absolute atomic E-state index is 0.0344. The number of carbonyl (C=O) groups excluding carboxylic acids is 2. The highest BCUT2D eigenvalue weighted by Crippen LogP contribution is 2.42. The van der Waals surface area contributed by atoms with Crippen molar-refractivity contribution in [3.05, 3.63) is 53.4 Å². The van der Waals surface area contributed by atoms with Crippen molar-refractivity contribution in [3.63, 3.8) is 0 Å². The van der Waals surface area contributed by atoms with E-state index in [0.29, 0.717) is 41.5 Å². The molecule has 2 bridgehead atoms. The van der Waals surface area contributed by atoms with Gasteiger partial charge < -0.3 is 19.3 Å². The largest absolute Gasteiger partial charge is 0.461 e. The summed E-state index contributed by atoms with van der Waals surface area (Å²) >= 11 is 6.64. The van der Waals surface area contributed by atoms with Gasteiger partial charge in [-0.1, -0.05) is 41.9 Å². The predicted octanol–water partition coefficient (Wildman–Crippen LogP) is 5.39. The van der Waals surface area contributed by atoms with Crippen LogP contribution in [-0.2, 0) is 14.3 Å². The first-order valence-electron chi connectivity index (χ1n) is 17.0. The summed E-state index contributed by atoms with van der Waals surface area (Å²) in [5, 5.41) is 2.61. The van der Waals surface area contributed by atoms with Crippen LogP contribution in [-0.4, -0.2) is 93.1 Å². The fraction of sp³-hybridized carbons (Fsp3) is 0.472. The minimum atomic E-state index is -0.726. The Morgan fingerprint density at radius 3 is 2.52 bits per heavy atom. The Balaban J connectivity index is 1.11. The molecule has 248 valence electrons. The number of fused-ring (bicyclic) bond motifs is 5. The van der Waals surface area contributed by atoms with Crippen molar-refractivity contribution in [2.45, 2.75) is 69.2 Å². The van der Waals surface area contributed by atoms with Gasteiger partial charge in [-0.25, -0.2) is 4.39 Å². The van der Waals surface area contributed by atoms with Crippen LogP contribution in [0.4, 0.5) is 10.2 Å². The van der Waals surface area contributed by atoms with Gasteiger partial charge in [0.05, 0.1) is 10.9 Å². The quantitative estimate of drug-likeness (QED) is 0.250. The lowest BCUT2D eigenvalue weighted by molar-refractivity contribution is -0.192. The van der Waals surface area contributed by atoms with E-state index >= 15 is 4.39 Å². The average Bonchev–Trinajstić information content (AvgIpc) is 3.76. The van der Waals surface area contributed by atoms with E-state index < -0.39 is 17.8 Å². The number of cyclic esters (lactones) is 1. The molecule has 0 N–H and O–H groups in total. The van der Waals surface area contributed by atoms with Crippen molar-refractivity contribution in [1.29, 1.82) is 0 Å². The van der Waals surface area contributed by atoms with E-state index in [2.05, 4.69) is 14.8 Å². The van der Waals surface area contributed by atoms with Gasteiger partial charge in [0.25, 0.3) is 5.91 Å². The first kappa shape index (κ1) is 30.0. The number of nitrogens with zero attached hydrogens (tertiary/aromatic N) is 6. The number of rotatable bonds is 6. The van der Waals surface area contributed by atoms with E-state index in [1.807, 2.05) is 35.2 Å². The first-order chi connectivity index (χ1) is 23.3. The molecule has 2 aromatic heterocycles. The topological polar surface area (TPSA) is 101 Å². The Hall–Kier alpha value is -4.09. The lowest BCUT2D eigenvalue weighted by atomic mass is 9.95. The summed E-state index contributed by atoms with van der Waals surface area (Å²) in [5.41, 5.74) is 0.848. The second-order valence-electron chi connectivity index (χ2n) is 14.0. The standard InChI is InChI=1S/C36H36ClFN6O4/c1-20-31(48-34(20)46)33(45)44-22-10-11-23(44)18-42(17-22)32-25-16-39-29(24-8-2-6-21-7-3-9-26(37)27(21)24)28(38)30(25)40-35(41-32)47-19-36-12-4-14-43(36)15-5-13-36/h2-3,6-9,16,20,22-23,31H,4-5,10-15,17-19H2,1H3/t20-,22-,23+,31-/m0/s1. The monoisotopic (exact) mass is 670 g/mol. The molecule has 9 rings (SSSR count). The van der Waals surface area contributed by atoms with Gasteiger partial charge in [0.1, 0.15) is 29.6 Å². The van der Waals surface area contributed by atoms with Gasteiger partial charge in [-0.15, -0.1) is 0 Å². The van der Waals surface area contributed by atoms with Gasteiger partial charge in [-0.2, -0.15) is 9.97 Å². The third-order valence-corrected chi connectivity index (χ3v) is 11.7. The highest BCUT2D eigenvalue weighted by Gasteiger charge is 2.52. The van der Waals surface area contributed by atoms with E-state index in [0.717, 1.165) is 62.4 Å². The average molecular weight is 671 g/mol. The lowest BCUT2D eigenvalue weighted by Gasteiger charge is -2.44. The summed E-state index contributed by atoms with van der Waals surface area (Å²) in [5.74, 6) is -0.919. The molecule has 1 amide bonds. The number of benzene rings is 2. The van der Waals surface area contributed by atoms with Crippen LogP contribution >= 0.6 is 11.6 Å². The molecule has 4 atom stereocenters. The van der Waals surface area contributed by atoms with E-state index in [-0.39, 0.29) is 46.7 Å². The zero-order valence-corrected chi connectivity index (χ0v) is 27.5. The fourth-order valence-electron chi connectivity index (χ4n) is 8.90. The third kappa shape index (κ3) is 4.57. The molecule has 5 aliphatic heterocycles. The first-order valence-corrected chi connectivity index (χ1v) is 17.4. The van der Waals surface area contributed by atoms with Crippen molar-refractivity contribution >= 4 is 51.0 Å². The van der Waals surface area contributed by atoms with Crippen LogP contribution in [0.5, 0.6) is 6.01 Å². The Morgan fingerprint density at radius 1 is 1.08 bits per heavy atom. The smallest absolute Gasteiger partial charge is 0.319 e. The van der Waals surface area contributed by atoms with Gasteiger partial charge in [0.2, 0.25) is 0 Å². The van der Waals surface area contributed by atoms with Crippen LogP contribution in [0.15, 0.2) is 42.6 Å². The molecule has 0 unspecified atom stereocenters. The Bertz CT molecular complexity index is 1960. The number of ether oxygens (including phenoxy) is 2. The van der Waals surface area contributed by atoms with Crippen molar-refractivity contribution in [2.24, 2.45) is 5.92 Å². The zero-order valence-electron chi connectivity index (χ0n) is 26.7. The molecular formula is C36H36ClFN6O4. The van der Waals surface area contributed by atoms with Crippen molar-refractivity contribution in [2.75, 3.05) is 37.7 Å².